The van der Waals surface area contributed by atoms with Crippen LogP contribution >= 0.6 is 11.6 Å². The third-order valence-corrected chi connectivity index (χ3v) is 4.48. The minimum absolute atomic E-state index is 0.0135. The molecule has 0 radical (unpaired) electrons. The van der Waals surface area contributed by atoms with Crippen molar-refractivity contribution < 1.29 is 14.7 Å². The first-order chi connectivity index (χ1) is 11.9. The molecule has 7 heteroatoms. The molecule has 1 aliphatic heterocycles. The molecule has 2 aromatic rings. The standard InChI is InChI=1S/C18H18ClN3O3/c1-12-2-4-13(5-3-12)10-22-9-8-21(11-16(22)23)15-7-6-14(19)17(20-15)18(24)25/h2-7H,8-11H2,1H3,(H,24,25). The lowest BCUT2D eigenvalue weighted by molar-refractivity contribution is -0.131. The fourth-order valence-corrected chi connectivity index (χ4v) is 2.93. The van der Waals surface area contributed by atoms with Gasteiger partial charge in [-0.2, -0.15) is 0 Å². The molecule has 0 spiro atoms. The highest BCUT2D eigenvalue weighted by Crippen LogP contribution is 2.21. The average Bonchev–Trinajstić information content (AvgIpc) is 2.59. The Balaban J connectivity index is 1.69. The van der Waals surface area contributed by atoms with E-state index in [1.165, 1.54) is 11.6 Å². The van der Waals surface area contributed by atoms with Gasteiger partial charge >= 0.3 is 5.97 Å². The second-order valence-corrected chi connectivity index (χ2v) is 6.43. The van der Waals surface area contributed by atoms with Crippen LogP contribution in [0, 0.1) is 6.92 Å². The summed E-state index contributed by atoms with van der Waals surface area (Å²) in [5, 5.41) is 9.21. The van der Waals surface area contributed by atoms with Crippen molar-refractivity contribution in [3.63, 3.8) is 0 Å². The zero-order chi connectivity index (χ0) is 18.0. The number of halogens is 1. The molecular weight excluding hydrogens is 342 g/mol. The van der Waals surface area contributed by atoms with Crippen LogP contribution in [-0.4, -0.2) is 46.5 Å². The fraction of sp³-hybridized carbons (Fsp3) is 0.278. The number of piperazine rings is 1. The normalized spacial score (nSPS) is 14.7. The Kier molecular flexibility index (Phi) is 4.90. The highest BCUT2D eigenvalue weighted by Gasteiger charge is 2.25. The molecule has 0 unspecified atom stereocenters. The van der Waals surface area contributed by atoms with Gasteiger partial charge in [0, 0.05) is 19.6 Å². The van der Waals surface area contributed by atoms with E-state index in [1.54, 1.807) is 15.9 Å². The number of hydrogen-bond donors (Lipinski definition) is 1. The van der Waals surface area contributed by atoms with Crippen LogP contribution in [0.25, 0.3) is 0 Å². The smallest absolute Gasteiger partial charge is 0.356 e. The predicted octanol–water partition coefficient (Wildman–Crippen LogP) is 2.59. The van der Waals surface area contributed by atoms with Gasteiger partial charge in [0.1, 0.15) is 5.82 Å². The zero-order valence-electron chi connectivity index (χ0n) is 13.8. The zero-order valence-corrected chi connectivity index (χ0v) is 14.5. The van der Waals surface area contributed by atoms with E-state index in [1.807, 2.05) is 31.2 Å². The van der Waals surface area contributed by atoms with Crippen LogP contribution in [0.5, 0.6) is 0 Å². The summed E-state index contributed by atoms with van der Waals surface area (Å²) in [7, 11) is 0. The van der Waals surface area contributed by atoms with Gasteiger partial charge in [-0.1, -0.05) is 41.4 Å². The fourth-order valence-electron chi connectivity index (χ4n) is 2.74. The van der Waals surface area contributed by atoms with Gasteiger partial charge in [0.15, 0.2) is 5.69 Å². The van der Waals surface area contributed by atoms with Crippen LogP contribution in [0.4, 0.5) is 5.82 Å². The number of nitrogens with zero attached hydrogens (tertiary/aromatic N) is 3. The summed E-state index contributed by atoms with van der Waals surface area (Å²) in [6.45, 7) is 3.91. The number of carbonyl (C=O) groups is 2. The molecule has 0 aliphatic carbocycles. The number of pyridine rings is 1. The first kappa shape index (κ1) is 17.2. The molecule has 6 nitrogen and oxygen atoms in total. The summed E-state index contributed by atoms with van der Waals surface area (Å²) in [5.41, 5.74) is 2.07. The number of aromatic carboxylic acids is 1. The van der Waals surface area contributed by atoms with Gasteiger partial charge in [-0.3, -0.25) is 4.79 Å². The van der Waals surface area contributed by atoms with Gasteiger partial charge in [-0.25, -0.2) is 9.78 Å². The Morgan fingerprint density at radius 3 is 2.56 bits per heavy atom. The van der Waals surface area contributed by atoms with Crippen molar-refractivity contribution in [1.29, 1.82) is 0 Å². The quantitative estimate of drug-likeness (QED) is 0.908. The van der Waals surface area contributed by atoms with Crippen molar-refractivity contribution in [1.82, 2.24) is 9.88 Å². The molecule has 2 heterocycles. The lowest BCUT2D eigenvalue weighted by Gasteiger charge is -2.35. The van der Waals surface area contributed by atoms with E-state index in [2.05, 4.69) is 4.98 Å². The molecule has 1 aromatic carbocycles. The second-order valence-electron chi connectivity index (χ2n) is 6.03. The summed E-state index contributed by atoms with van der Waals surface area (Å²) >= 11 is 5.85. The van der Waals surface area contributed by atoms with Crippen molar-refractivity contribution in [3.05, 3.63) is 58.2 Å². The number of aromatic nitrogens is 1. The molecule has 0 bridgehead atoms. The first-order valence-corrected chi connectivity index (χ1v) is 8.30. The van der Waals surface area contributed by atoms with Crippen LogP contribution in [0.1, 0.15) is 21.6 Å². The topological polar surface area (TPSA) is 73.7 Å². The summed E-state index contributed by atoms with van der Waals surface area (Å²) in [4.78, 5) is 31.3. The number of anilines is 1. The maximum Gasteiger partial charge on any atom is 0.356 e. The molecule has 0 atom stereocenters. The van der Waals surface area contributed by atoms with Gasteiger partial charge in [0.25, 0.3) is 0 Å². The number of rotatable bonds is 4. The maximum absolute atomic E-state index is 12.4. The van der Waals surface area contributed by atoms with E-state index in [0.717, 1.165) is 5.56 Å². The van der Waals surface area contributed by atoms with E-state index in [0.29, 0.717) is 25.5 Å². The van der Waals surface area contributed by atoms with Gasteiger partial charge in [-0.15, -0.1) is 0 Å². The van der Waals surface area contributed by atoms with Crippen molar-refractivity contribution in [3.8, 4) is 0 Å². The lowest BCUT2D eigenvalue weighted by Crippen LogP contribution is -2.50. The van der Waals surface area contributed by atoms with Crippen molar-refractivity contribution in [2.24, 2.45) is 0 Å². The maximum atomic E-state index is 12.4. The van der Waals surface area contributed by atoms with Crippen LogP contribution in [0.2, 0.25) is 5.02 Å². The van der Waals surface area contributed by atoms with E-state index in [-0.39, 0.29) is 23.2 Å². The highest BCUT2D eigenvalue weighted by atomic mass is 35.5. The summed E-state index contributed by atoms with van der Waals surface area (Å²) in [6, 6.07) is 11.2. The predicted molar refractivity (Wildman–Crippen MR) is 95.0 cm³/mol. The third-order valence-electron chi connectivity index (χ3n) is 4.17. The second kappa shape index (κ2) is 7.11. The number of aryl methyl sites for hydroxylation is 1. The van der Waals surface area contributed by atoms with E-state index in [9.17, 15) is 9.59 Å². The monoisotopic (exact) mass is 359 g/mol. The SMILES string of the molecule is Cc1ccc(CN2CCN(c3ccc(Cl)c(C(=O)O)n3)CC2=O)cc1. The molecule has 130 valence electrons. The lowest BCUT2D eigenvalue weighted by atomic mass is 10.1. The van der Waals surface area contributed by atoms with Crippen LogP contribution < -0.4 is 4.90 Å². The number of carbonyl (C=O) groups excluding carboxylic acids is 1. The molecule has 1 saturated heterocycles. The summed E-state index contributed by atoms with van der Waals surface area (Å²) < 4.78 is 0. The molecule has 1 fully saturated rings. The van der Waals surface area contributed by atoms with Crippen molar-refractivity contribution in [2.75, 3.05) is 24.5 Å². The van der Waals surface area contributed by atoms with Crippen LogP contribution in [0.3, 0.4) is 0 Å². The number of hydrogen-bond acceptors (Lipinski definition) is 4. The highest BCUT2D eigenvalue weighted by molar-refractivity contribution is 6.33. The van der Waals surface area contributed by atoms with Crippen LogP contribution in [0.15, 0.2) is 36.4 Å². The summed E-state index contributed by atoms with van der Waals surface area (Å²) in [6.07, 6.45) is 0. The molecule has 1 aromatic heterocycles. The molecule has 25 heavy (non-hydrogen) atoms. The first-order valence-electron chi connectivity index (χ1n) is 7.92. The Morgan fingerprint density at radius 2 is 1.92 bits per heavy atom. The minimum Gasteiger partial charge on any atom is -0.476 e. The summed E-state index contributed by atoms with van der Waals surface area (Å²) in [5.74, 6) is -0.748. The Hall–Kier alpha value is -2.60. The Labute approximate surface area is 150 Å². The molecule has 1 N–H and O–H groups in total. The molecular formula is C18H18ClN3O3. The van der Waals surface area contributed by atoms with Crippen molar-refractivity contribution in [2.45, 2.75) is 13.5 Å². The molecule has 1 amide bonds. The molecule has 1 aliphatic rings. The number of carboxylic acids is 1. The molecule has 0 saturated carbocycles. The third kappa shape index (κ3) is 3.91. The Morgan fingerprint density at radius 1 is 1.20 bits per heavy atom. The van der Waals surface area contributed by atoms with E-state index in [4.69, 9.17) is 16.7 Å². The van der Waals surface area contributed by atoms with E-state index < -0.39 is 5.97 Å². The van der Waals surface area contributed by atoms with E-state index >= 15 is 0 Å². The van der Waals surface area contributed by atoms with Gasteiger partial charge < -0.3 is 14.9 Å². The number of benzene rings is 1. The number of carboxylic acid groups (broad SMARTS) is 1. The van der Waals surface area contributed by atoms with Crippen molar-refractivity contribution >= 4 is 29.3 Å². The van der Waals surface area contributed by atoms with Gasteiger partial charge in [-0.05, 0) is 24.6 Å². The van der Waals surface area contributed by atoms with Crippen LogP contribution in [-0.2, 0) is 11.3 Å². The minimum atomic E-state index is -1.18. The number of amides is 1. The largest absolute Gasteiger partial charge is 0.476 e. The van der Waals surface area contributed by atoms with Gasteiger partial charge in [0.05, 0.1) is 11.6 Å². The Bertz CT molecular complexity index is 808. The molecule has 3 rings (SSSR count). The average molecular weight is 360 g/mol. The van der Waals surface area contributed by atoms with Gasteiger partial charge in [0.2, 0.25) is 5.91 Å².